The molecule has 0 bridgehead atoms. The van der Waals surface area contributed by atoms with Crippen LogP contribution >= 0.6 is 11.6 Å². The van der Waals surface area contributed by atoms with Crippen molar-refractivity contribution >= 4 is 35.1 Å². The lowest BCUT2D eigenvalue weighted by molar-refractivity contribution is -0.219. The molecule has 2 saturated carbocycles. The van der Waals surface area contributed by atoms with E-state index < -0.39 is 53.5 Å². The predicted molar refractivity (Wildman–Crippen MR) is 184 cm³/mol. The standard InChI is InChI=1S/C36H40ClF3N8O3/c1-33(2,36(38,39)40)21-35(25-8-5-22(6-9-25)24-18-43-47(19-24)26-10-11-26)30(49)48(31(41)44-35)29(20-51-32(50)45-34(3)13-14-34)23-7-12-27(37)28(17-23)46-16-4-15-42-46/h4-8,12,15-19,25-26,29H,9-11,13-14,20-21H2,1-3H3,(H2,41,44)(H,45,50)/t25?,29-,35-/m1/s1. The summed E-state index contributed by atoms with van der Waals surface area (Å²) in [7, 11) is 0. The number of rotatable bonds is 11. The van der Waals surface area contributed by atoms with Crippen molar-refractivity contribution in [2.45, 2.75) is 88.6 Å². The monoisotopic (exact) mass is 724 g/mol. The number of amides is 2. The van der Waals surface area contributed by atoms with Gasteiger partial charge in [0, 0.05) is 35.6 Å². The van der Waals surface area contributed by atoms with E-state index in [4.69, 9.17) is 21.7 Å². The number of guanidine groups is 1. The summed E-state index contributed by atoms with van der Waals surface area (Å²) in [6, 6.07) is 5.92. The number of halogens is 4. The lowest BCUT2D eigenvalue weighted by Crippen LogP contribution is -2.57. The molecule has 0 radical (unpaired) electrons. The van der Waals surface area contributed by atoms with E-state index in [1.165, 1.54) is 4.68 Å². The van der Waals surface area contributed by atoms with Gasteiger partial charge in [-0.1, -0.05) is 49.7 Å². The second-order valence-electron chi connectivity index (χ2n) is 14.9. The molecular weight excluding hydrogens is 685 g/mol. The van der Waals surface area contributed by atoms with Gasteiger partial charge in [-0.3, -0.25) is 19.8 Å². The minimum Gasteiger partial charge on any atom is -0.447 e. The zero-order valence-corrected chi connectivity index (χ0v) is 29.3. The largest absolute Gasteiger partial charge is 0.447 e. The van der Waals surface area contributed by atoms with Crippen molar-refractivity contribution in [3.8, 4) is 5.69 Å². The molecule has 51 heavy (non-hydrogen) atoms. The van der Waals surface area contributed by atoms with Gasteiger partial charge in [-0.15, -0.1) is 0 Å². The van der Waals surface area contributed by atoms with Crippen molar-refractivity contribution in [2.75, 3.05) is 6.61 Å². The van der Waals surface area contributed by atoms with Crippen LogP contribution in [0, 0.1) is 16.7 Å². The lowest BCUT2D eigenvalue weighted by Gasteiger charge is -2.41. The van der Waals surface area contributed by atoms with Crippen molar-refractivity contribution in [2.24, 2.45) is 11.3 Å². The minimum atomic E-state index is -4.65. The summed E-state index contributed by atoms with van der Waals surface area (Å²) in [6.45, 7) is 3.63. The van der Waals surface area contributed by atoms with E-state index in [9.17, 15) is 22.8 Å². The van der Waals surface area contributed by atoms with E-state index in [1.807, 2.05) is 30.0 Å². The van der Waals surface area contributed by atoms with Gasteiger partial charge in [0.15, 0.2) is 5.96 Å². The summed E-state index contributed by atoms with van der Waals surface area (Å²) in [5, 5.41) is 24.0. The Bertz CT molecular complexity index is 1910. The van der Waals surface area contributed by atoms with Crippen molar-refractivity contribution in [3.63, 3.8) is 0 Å². The number of carbonyl (C=O) groups excluding carboxylic acids is 2. The summed E-state index contributed by atoms with van der Waals surface area (Å²) < 4.78 is 52.8. The summed E-state index contributed by atoms with van der Waals surface area (Å²) >= 11 is 6.54. The van der Waals surface area contributed by atoms with Crippen LogP contribution in [0.25, 0.3) is 11.3 Å². The van der Waals surface area contributed by atoms with Crippen molar-refractivity contribution in [1.29, 1.82) is 5.41 Å². The quantitative estimate of drug-likeness (QED) is 0.193. The molecule has 1 unspecified atom stereocenters. The van der Waals surface area contributed by atoms with Crippen LogP contribution in [-0.2, 0) is 9.53 Å². The highest BCUT2D eigenvalue weighted by Gasteiger charge is 2.61. The van der Waals surface area contributed by atoms with Crippen molar-refractivity contribution < 1.29 is 27.5 Å². The first-order chi connectivity index (χ1) is 24.1. The third kappa shape index (κ3) is 6.77. The van der Waals surface area contributed by atoms with Crippen LogP contribution in [0.1, 0.15) is 82.5 Å². The van der Waals surface area contributed by atoms with Crippen LogP contribution in [0.2, 0.25) is 5.02 Å². The van der Waals surface area contributed by atoms with E-state index in [0.29, 0.717) is 22.3 Å². The Hall–Kier alpha value is -4.59. The maximum Gasteiger partial charge on any atom is 0.407 e. The van der Waals surface area contributed by atoms with Crippen LogP contribution in [-0.4, -0.2) is 66.3 Å². The molecule has 2 aromatic heterocycles. The first-order valence-corrected chi connectivity index (χ1v) is 17.4. The number of allylic oxidation sites excluding steroid dienone is 3. The zero-order valence-electron chi connectivity index (χ0n) is 28.5. The van der Waals surface area contributed by atoms with Gasteiger partial charge in [0.25, 0.3) is 5.91 Å². The highest BCUT2D eigenvalue weighted by atomic mass is 35.5. The number of ether oxygens (including phenoxy) is 1. The molecular formula is C36H40ClF3N8O3. The number of nitrogens with zero attached hydrogens (tertiary/aromatic N) is 5. The van der Waals surface area contributed by atoms with Crippen LogP contribution in [0.15, 0.2) is 67.3 Å². The highest BCUT2D eigenvalue weighted by Crippen LogP contribution is 2.49. The molecule has 3 N–H and O–H groups in total. The smallest absolute Gasteiger partial charge is 0.407 e. The van der Waals surface area contributed by atoms with Crippen LogP contribution in [0.4, 0.5) is 18.0 Å². The van der Waals surface area contributed by atoms with E-state index in [0.717, 1.165) is 55.6 Å². The molecule has 3 heterocycles. The van der Waals surface area contributed by atoms with Crippen LogP contribution in [0.3, 0.4) is 0 Å². The fourth-order valence-electron chi connectivity index (χ4n) is 6.86. The molecule has 3 aromatic rings. The minimum absolute atomic E-state index is 0.237. The molecule has 1 aromatic carbocycles. The summed E-state index contributed by atoms with van der Waals surface area (Å²) in [6.07, 6.45) is 10.4. The molecule has 7 rings (SSSR count). The third-order valence-electron chi connectivity index (χ3n) is 10.5. The third-order valence-corrected chi connectivity index (χ3v) is 10.8. The molecule has 15 heteroatoms. The molecule has 1 saturated heterocycles. The molecule has 270 valence electrons. The van der Waals surface area contributed by atoms with Gasteiger partial charge in [-0.25, -0.2) is 9.48 Å². The van der Waals surface area contributed by atoms with Gasteiger partial charge in [0.05, 0.1) is 34.4 Å². The zero-order chi connectivity index (χ0) is 36.3. The molecule has 3 aliphatic carbocycles. The number of benzene rings is 1. The Morgan fingerprint density at radius 1 is 1.24 bits per heavy atom. The molecule has 0 spiro atoms. The fourth-order valence-corrected chi connectivity index (χ4v) is 7.06. The average Bonchev–Trinajstić information content (AvgIpc) is 3.88. The molecule has 11 nitrogen and oxygen atoms in total. The number of alkyl halides is 3. The topological polar surface area (TPSA) is 130 Å². The van der Waals surface area contributed by atoms with Gasteiger partial charge in [0.2, 0.25) is 0 Å². The van der Waals surface area contributed by atoms with E-state index >= 15 is 0 Å². The van der Waals surface area contributed by atoms with Gasteiger partial charge in [0.1, 0.15) is 12.1 Å². The van der Waals surface area contributed by atoms with Crippen LogP contribution in [0.5, 0.6) is 0 Å². The first-order valence-electron chi connectivity index (χ1n) is 17.0. The number of nitrogens with one attached hydrogen (secondary N) is 3. The molecule has 2 amide bonds. The second kappa shape index (κ2) is 12.6. The lowest BCUT2D eigenvalue weighted by atomic mass is 9.69. The molecule has 3 fully saturated rings. The fraction of sp³-hybridized carbons (Fsp3) is 0.472. The van der Waals surface area contributed by atoms with E-state index in [1.54, 1.807) is 48.9 Å². The van der Waals surface area contributed by atoms with Crippen molar-refractivity contribution in [3.05, 3.63) is 83.4 Å². The number of aromatic nitrogens is 4. The van der Waals surface area contributed by atoms with Crippen molar-refractivity contribution in [1.82, 2.24) is 35.1 Å². The van der Waals surface area contributed by atoms with Crippen LogP contribution < -0.4 is 10.6 Å². The highest BCUT2D eigenvalue weighted by molar-refractivity contribution is 6.32. The number of hydrogen-bond acceptors (Lipinski definition) is 6. The van der Waals surface area contributed by atoms with Gasteiger partial charge < -0.3 is 15.4 Å². The Morgan fingerprint density at radius 3 is 2.63 bits per heavy atom. The summed E-state index contributed by atoms with van der Waals surface area (Å²) in [4.78, 5) is 29.0. The summed E-state index contributed by atoms with van der Waals surface area (Å²) in [5.74, 6) is -1.87. The normalized spacial score (nSPS) is 23.5. The van der Waals surface area contributed by atoms with E-state index in [-0.39, 0.29) is 18.6 Å². The van der Waals surface area contributed by atoms with E-state index in [2.05, 4.69) is 20.8 Å². The first kappa shape index (κ1) is 34.8. The summed E-state index contributed by atoms with van der Waals surface area (Å²) in [5.41, 5.74) is -1.91. The Labute approximate surface area is 298 Å². The maximum absolute atomic E-state index is 14.9. The second-order valence-corrected chi connectivity index (χ2v) is 15.3. The van der Waals surface area contributed by atoms with Gasteiger partial charge in [-0.2, -0.15) is 23.4 Å². The molecule has 3 atom stereocenters. The van der Waals surface area contributed by atoms with Gasteiger partial charge >= 0.3 is 12.3 Å². The number of alkyl carbamates (subject to hydrolysis) is 1. The molecule has 4 aliphatic rings. The predicted octanol–water partition coefficient (Wildman–Crippen LogP) is 7.12. The number of carbonyl (C=O) groups is 2. The Balaban J connectivity index is 1.24. The Kier molecular flexibility index (Phi) is 8.59. The SMILES string of the molecule is CC1(NC(=O)OC[C@H](c2ccc(Cl)c(-n3cccn3)c2)N2C(=N)N[C@](CC(C)(C)C(F)(F)F)(C3C=CC(c4cnn(C5CC5)c4)=CC3)C2=O)CC1. The average molecular weight is 725 g/mol. The maximum atomic E-state index is 14.9. The molecule has 1 aliphatic heterocycles. The Morgan fingerprint density at radius 2 is 2.00 bits per heavy atom. The number of hydrogen-bond donors (Lipinski definition) is 3. The van der Waals surface area contributed by atoms with Gasteiger partial charge in [-0.05, 0) is 74.8 Å².